The van der Waals surface area contributed by atoms with Gasteiger partial charge in [-0.3, -0.25) is 4.79 Å². The van der Waals surface area contributed by atoms with Crippen molar-refractivity contribution in [3.8, 4) is 0 Å². The summed E-state index contributed by atoms with van der Waals surface area (Å²) in [7, 11) is 0. The summed E-state index contributed by atoms with van der Waals surface area (Å²) in [4.78, 5) is 12.4. The maximum absolute atomic E-state index is 12.4. The molecule has 20 heavy (non-hydrogen) atoms. The largest absolute Gasteiger partial charge is 0.409 e. The van der Waals surface area contributed by atoms with Crippen LogP contribution in [0.2, 0.25) is 0 Å². The van der Waals surface area contributed by atoms with Crippen molar-refractivity contribution in [1.29, 1.82) is 0 Å². The summed E-state index contributed by atoms with van der Waals surface area (Å²) in [6.07, 6.45) is 5.24. The van der Waals surface area contributed by atoms with Crippen LogP contribution in [-0.2, 0) is 4.79 Å². The van der Waals surface area contributed by atoms with Crippen LogP contribution in [0.3, 0.4) is 0 Å². The van der Waals surface area contributed by atoms with Crippen LogP contribution in [0, 0.1) is 29.6 Å². The molecule has 114 valence electrons. The third-order valence-electron chi connectivity index (χ3n) is 5.19. The van der Waals surface area contributed by atoms with Crippen molar-refractivity contribution in [3.63, 3.8) is 0 Å². The molecule has 0 aromatic heterocycles. The lowest BCUT2D eigenvalue weighted by Crippen LogP contribution is -2.47. The zero-order chi connectivity index (χ0) is 14.9. The van der Waals surface area contributed by atoms with E-state index in [9.17, 15) is 4.79 Å². The van der Waals surface area contributed by atoms with E-state index in [1.807, 2.05) is 13.8 Å². The van der Waals surface area contributed by atoms with E-state index in [0.29, 0.717) is 5.92 Å². The van der Waals surface area contributed by atoms with Gasteiger partial charge in [-0.1, -0.05) is 25.4 Å². The summed E-state index contributed by atoms with van der Waals surface area (Å²) >= 11 is 0. The molecule has 5 atom stereocenters. The highest BCUT2D eigenvalue weighted by Crippen LogP contribution is 2.49. The molecule has 2 bridgehead atoms. The zero-order valence-corrected chi connectivity index (χ0v) is 12.7. The Balaban J connectivity index is 1.96. The molecule has 5 nitrogen and oxygen atoms in total. The van der Waals surface area contributed by atoms with Gasteiger partial charge in [0.2, 0.25) is 5.91 Å². The summed E-state index contributed by atoms with van der Waals surface area (Å²) in [5.41, 5.74) is 5.65. The Morgan fingerprint density at radius 3 is 2.45 bits per heavy atom. The van der Waals surface area contributed by atoms with Crippen molar-refractivity contribution < 1.29 is 10.0 Å². The molecule has 0 spiro atoms. The maximum atomic E-state index is 12.4. The predicted octanol–water partition coefficient (Wildman–Crippen LogP) is 1.95. The number of hydrogen-bond donors (Lipinski definition) is 3. The Kier molecular flexibility index (Phi) is 4.55. The third kappa shape index (κ3) is 2.91. The van der Waals surface area contributed by atoms with Crippen LogP contribution in [0.4, 0.5) is 0 Å². The second kappa shape index (κ2) is 6.02. The molecule has 2 saturated carbocycles. The van der Waals surface area contributed by atoms with Crippen molar-refractivity contribution in [1.82, 2.24) is 5.32 Å². The summed E-state index contributed by atoms with van der Waals surface area (Å²) in [5, 5.41) is 14.9. The molecule has 2 aliphatic carbocycles. The summed E-state index contributed by atoms with van der Waals surface area (Å²) in [6.45, 7) is 5.90. The Morgan fingerprint density at radius 2 is 2.00 bits per heavy atom. The van der Waals surface area contributed by atoms with Crippen molar-refractivity contribution in [2.75, 3.05) is 0 Å². The van der Waals surface area contributed by atoms with E-state index in [0.717, 1.165) is 11.8 Å². The van der Waals surface area contributed by atoms with E-state index >= 15 is 0 Å². The van der Waals surface area contributed by atoms with Gasteiger partial charge in [-0.25, -0.2) is 0 Å². The van der Waals surface area contributed by atoms with Crippen LogP contribution >= 0.6 is 0 Å². The number of amidine groups is 1. The molecule has 0 radical (unpaired) electrons. The van der Waals surface area contributed by atoms with Crippen molar-refractivity contribution in [2.45, 2.75) is 52.5 Å². The summed E-state index contributed by atoms with van der Waals surface area (Å²) < 4.78 is 0. The highest BCUT2D eigenvalue weighted by atomic mass is 16.4. The van der Waals surface area contributed by atoms with Crippen molar-refractivity contribution in [2.24, 2.45) is 40.5 Å². The monoisotopic (exact) mass is 281 g/mol. The van der Waals surface area contributed by atoms with Gasteiger partial charge in [0.25, 0.3) is 0 Å². The quantitative estimate of drug-likeness (QED) is 0.311. The molecular weight excluding hydrogens is 254 g/mol. The highest BCUT2D eigenvalue weighted by Gasteiger charge is 2.42. The van der Waals surface area contributed by atoms with E-state index in [4.69, 9.17) is 10.9 Å². The van der Waals surface area contributed by atoms with Crippen LogP contribution < -0.4 is 11.1 Å². The van der Waals surface area contributed by atoms with Gasteiger partial charge in [-0.2, -0.15) is 0 Å². The lowest BCUT2D eigenvalue weighted by atomic mass is 9.83. The topological polar surface area (TPSA) is 87.7 Å². The molecule has 0 aliphatic heterocycles. The van der Waals surface area contributed by atoms with Crippen molar-refractivity contribution in [3.05, 3.63) is 0 Å². The molecule has 0 saturated heterocycles. The molecule has 4 N–H and O–H groups in total. The zero-order valence-electron chi connectivity index (χ0n) is 12.7. The van der Waals surface area contributed by atoms with Crippen LogP contribution in [0.5, 0.6) is 0 Å². The summed E-state index contributed by atoms with van der Waals surface area (Å²) in [6, 6.07) is 0.172. The molecule has 5 heteroatoms. The fraction of sp³-hybridized carbons (Fsp3) is 0.867. The lowest BCUT2D eigenvalue weighted by Gasteiger charge is -2.30. The van der Waals surface area contributed by atoms with E-state index in [1.165, 1.54) is 25.7 Å². The first-order valence-corrected chi connectivity index (χ1v) is 7.71. The molecular formula is C15H27N3O2. The number of nitrogens with two attached hydrogens (primary N) is 1. The minimum absolute atomic E-state index is 0.00218. The smallest absolute Gasteiger partial charge is 0.231 e. The van der Waals surface area contributed by atoms with E-state index in [-0.39, 0.29) is 23.7 Å². The van der Waals surface area contributed by atoms with Gasteiger partial charge in [-0.15, -0.1) is 0 Å². The maximum Gasteiger partial charge on any atom is 0.231 e. The van der Waals surface area contributed by atoms with Gasteiger partial charge in [0.05, 0.1) is 0 Å². The van der Waals surface area contributed by atoms with Gasteiger partial charge in [-0.05, 0) is 49.9 Å². The van der Waals surface area contributed by atoms with Crippen LogP contribution in [0.15, 0.2) is 5.16 Å². The third-order valence-corrected chi connectivity index (χ3v) is 5.19. The number of carbonyl (C=O) groups is 1. The fourth-order valence-electron chi connectivity index (χ4n) is 4.17. The molecule has 2 aliphatic rings. The van der Waals surface area contributed by atoms with Gasteiger partial charge in [0, 0.05) is 6.04 Å². The number of rotatable bonds is 5. The van der Waals surface area contributed by atoms with Crippen LogP contribution in [0.1, 0.15) is 46.5 Å². The van der Waals surface area contributed by atoms with E-state index in [2.05, 4.69) is 17.4 Å². The van der Waals surface area contributed by atoms with Crippen LogP contribution in [-0.4, -0.2) is 23.0 Å². The van der Waals surface area contributed by atoms with Crippen molar-refractivity contribution >= 4 is 11.7 Å². The second-order valence-corrected chi connectivity index (χ2v) is 6.88. The van der Waals surface area contributed by atoms with Gasteiger partial charge < -0.3 is 16.3 Å². The number of oxime groups is 1. The van der Waals surface area contributed by atoms with E-state index < -0.39 is 5.92 Å². The van der Waals surface area contributed by atoms with Gasteiger partial charge in [0.1, 0.15) is 5.92 Å². The molecule has 0 heterocycles. The number of amides is 1. The minimum Gasteiger partial charge on any atom is -0.409 e. The predicted molar refractivity (Wildman–Crippen MR) is 78.3 cm³/mol. The Labute approximate surface area is 121 Å². The molecule has 0 aromatic rings. The SMILES string of the molecule is CC(C)C(C(=O)NC(C)C1CC2CCC1C2)C(N)=NO. The number of nitrogens with zero attached hydrogens (tertiary/aromatic N) is 1. The Morgan fingerprint density at radius 1 is 1.30 bits per heavy atom. The number of fused-ring (bicyclic) bond motifs is 2. The first-order valence-electron chi connectivity index (χ1n) is 7.71. The Bertz CT molecular complexity index is 395. The number of hydrogen-bond acceptors (Lipinski definition) is 3. The molecule has 5 unspecified atom stereocenters. The molecule has 2 rings (SSSR count). The average Bonchev–Trinajstić information content (AvgIpc) is 3.00. The second-order valence-electron chi connectivity index (χ2n) is 6.88. The molecule has 1 amide bonds. The average molecular weight is 281 g/mol. The van der Waals surface area contributed by atoms with Crippen LogP contribution in [0.25, 0.3) is 0 Å². The first kappa shape index (κ1) is 15.1. The number of nitrogens with one attached hydrogen (secondary N) is 1. The van der Waals surface area contributed by atoms with Gasteiger partial charge in [0.15, 0.2) is 5.84 Å². The fourth-order valence-corrected chi connectivity index (χ4v) is 4.17. The normalized spacial score (nSPS) is 32.4. The lowest BCUT2D eigenvalue weighted by molar-refractivity contribution is -0.125. The first-order chi connectivity index (χ1) is 9.43. The highest BCUT2D eigenvalue weighted by molar-refractivity contribution is 6.02. The standard InChI is InChI=1S/C15H27N3O2/c1-8(2)13(14(16)18-20)15(19)17-9(3)12-7-10-4-5-11(12)6-10/h8-13,20H,4-7H2,1-3H3,(H2,16,18)(H,17,19). The molecule has 0 aromatic carbocycles. The summed E-state index contributed by atoms with van der Waals surface area (Å²) in [5.74, 6) is 1.58. The van der Waals surface area contributed by atoms with Gasteiger partial charge >= 0.3 is 0 Å². The van der Waals surface area contributed by atoms with E-state index in [1.54, 1.807) is 0 Å². The molecule has 2 fully saturated rings. The Hall–Kier alpha value is -1.26. The minimum atomic E-state index is -0.555. The number of carbonyl (C=O) groups excluding carboxylic acids is 1.